The molecular formula is C23H25BFN6O. The summed E-state index contributed by atoms with van der Waals surface area (Å²) in [5, 5.41) is 9.88. The number of piperazine rings is 1. The van der Waals surface area contributed by atoms with Crippen LogP contribution >= 0.6 is 0 Å². The third-order valence-electron chi connectivity index (χ3n) is 5.71. The van der Waals surface area contributed by atoms with E-state index in [4.69, 9.17) is 4.74 Å². The highest BCUT2D eigenvalue weighted by molar-refractivity contribution is 6.40. The molecule has 1 atom stereocenters. The Labute approximate surface area is 187 Å². The molecule has 1 unspecified atom stereocenters. The molecule has 3 aliphatic heterocycles. The van der Waals surface area contributed by atoms with Gasteiger partial charge in [0.05, 0.1) is 0 Å². The molecule has 1 aromatic heterocycles. The Balaban J connectivity index is 1.28. The molecule has 1 aromatic carbocycles. The zero-order valence-corrected chi connectivity index (χ0v) is 17.9. The number of anilines is 3. The Kier molecular flexibility index (Phi) is 5.81. The summed E-state index contributed by atoms with van der Waals surface area (Å²) in [5.41, 5.74) is 3.64. The van der Waals surface area contributed by atoms with E-state index in [1.807, 2.05) is 32.4 Å². The highest BCUT2D eigenvalue weighted by atomic mass is 19.1. The number of allylic oxidation sites excluding steroid dienone is 3. The molecule has 0 spiro atoms. The van der Waals surface area contributed by atoms with Crippen molar-refractivity contribution in [3.63, 3.8) is 0 Å². The Hall–Kier alpha value is -3.33. The van der Waals surface area contributed by atoms with E-state index >= 15 is 4.39 Å². The van der Waals surface area contributed by atoms with Gasteiger partial charge in [0.2, 0.25) is 5.88 Å². The second kappa shape index (κ2) is 9.04. The fraction of sp³-hybridized carbons (Fsp3) is 0.304. The predicted octanol–water partition coefficient (Wildman–Crippen LogP) is 3.09. The summed E-state index contributed by atoms with van der Waals surface area (Å²) in [6.07, 6.45) is 5.55. The van der Waals surface area contributed by atoms with Crippen molar-refractivity contribution < 1.29 is 9.13 Å². The van der Waals surface area contributed by atoms with Gasteiger partial charge in [0.1, 0.15) is 12.1 Å². The number of halogens is 1. The Morgan fingerprint density at radius 3 is 2.81 bits per heavy atom. The first-order valence-corrected chi connectivity index (χ1v) is 10.9. The molecule has 5 rings (SSSR count). The van der Waals surface area contributed by atoms with E-state index in [0.717, 1.165) is 37.6 Å². The van der Waals surface area contributed by atoms with Crippen molar-refractivity contribution in [2.24, 2.45) is 0 Å². The zero-order valence-electron chi connectivity index (χ0n) is 17.9. The standard InChI is InChI=1S/C23H25BFN6O/c1-15-12-18-22(25)19(6-7-24-23(18)29-15)32-21-13-20(27-14-28-21)30-16-2-4-17(5-3-16)31-10-8-26-9-11-31/h2-6,12-14,23,26,29H,7-11H2,1H3,(H,27,28,30). The molecule has 32 heavy (non-hydrogen) atoms. The number of nitrogens with zero attached hydrogens (tertiary/aromatic N) is 3. The molecule has 1 saturated heterocycles. The number of hydrogen-bond acceptors (Lipinski definition) is 7. The van der Waals surface area contributed by atoms with E-state index in [9.17, 15) is 0 Å². The largest absolute Gasteiger partial charge is 0.436 e. The van der Waals surface area contributed by atoms with Crippen LogP contribution in [0.4, 0.5) is 21.6 Å². The van der Waals surface area contributed by atoms with Crippen LogP contribution in [-0.4, -0.2) is 49.4 Å². The van der Waals surface area contributed by atoms with Gasteiger partial charge in [-0.2, -0.15) is 0 Å². The van der Waals surface area contributed by atoms with Gasteiger partial charge in [0.25, 0.3) is 0 Å². The molecule has 3 aliphatic rings. The summed E-state index contributed by atoms with van der Waals surface area (Å²) >= 11 is 0. The van der Waals surface area contributed by atoms with Crippen LogP contribution in [0.2, 0.25) is 6.32 Å². The molecule has 1 fully saturated rings. The molecule has 4 heterocycles. The van der Waals surface area contributed by atoms with Crippen molar-refractivity contribution >= 4 is 24.5 Å². The van der Waals surface area contributed by atoms with E-state index in [0.29, 0.717) is 17.7 Å². The molecule has 0 aliphatic carbocycles. The first-order valence-electron chi connectivity index (χ1n) is 10.9. The normalized spacial score (nSPS) is 20.4. The molecule has 0 amide bonds. The van der Waals surface area contributed by atoms with Crippen molar-refractivity contribution in [1.82, 2.24) is 20.6 Å². The van der Waals surface area contributed by atoms with Crippen LogP contribution in [0.3, 0.4) is 0 Å². The smallest absolute Gasteiger partial charge is 0.224 e. The van der Waals surface area contributed by atoms with Gasteiger partial charge in [-0.15, -0.1) is 0 Å². The summed E-state index contributed by atoms with van der Waals surface area (Å²) in [7, 11) is 2.02. The van der Waals surface area contributed by atoms with Gasteiger partial charge in [-0.3, -0.25) is 0 Å². The maximum atomic E-state index is 15.1. The van der Waals surface area contributed by atoms with Crippen molar-refractivity contribution in [2.75, 3.05) is 36.4 Å². The third kappa shape index (κ3) is 4.48. The maximum absolute atomic E-state index is 15.1. The lowest BCUT2D eigenvalue weighted by molar-refractivity contribution is 0.386. The summed E-state index contributed by atoms with van der Waals surface area (Å²) in [4.78, 5) is 10.8. The first-order chi connectivity index (χ1) is 15.7. The summed E-state index contributed by atoms with van der Waals surface area (Å²) in [6, 6.07) is 9.92. The van der Waals surface area contributed by atoms with Gasteiger partial charge in [-0.25, -0.2) is 14.4 Å². The summed E-state index contributed by atoms with van der Waals surface area (Å²) in [5.74, 6) is 0.544. The average Bonchev–Trinajstić information content (AvgIpc) is 3.13. The van der Waals surface area contributed by atoms with Crippen LogP contribution in [0.5, 0.6) is 5.88 Å². The molecule has 163 valence electrons. The van der Waals surface area contributed by atoms with Gasteiger partial charge in [-0.05, 0) is 43.3 Å². The molecule has 2 aromatic rings. The van der Waals surface area contributed by atoms with Crippen molar-refractivity contribution in [3.05, 3.63) is 71.7 Å². The topological polar surface area (TPSA) is 74.3 Å². The molecule has 1 radical (unpaired) electrons. The minimum atomic E-state index is -0.371. The molecule has 3 N–H and O–H groups in total. The van der Waals surface area contributed by atoms with Crippen LogP contribution in [0.25, 0.3) is 0 Å². The summed E-state index contributed by atoms with van der Waals surface area (Å²) in [6.45, 7) is 5.94. The van der Waals surface area contributed by atoms with Crippen molar-refractivity contribution in [3.8, 4) is 5.88 Å². The number of fused-ring (bicyclic) bond motifs is 1. The minimum absolute atomic E-state index is 0.126. The number of hydrogen-bond donors (Lipinski definition) is 3. The van der Waals surface area contributed by atoms with Gasteiger partial charge in [0, 0.05) is 60.8 Å². The van der Waals surface area contributed by atoms with Crippen LogP contribution in [0, 0.1) is 0 Å². The van der Waals surface area contributed by atoms with Gasteiger partial charge in [0.15, 0.2) is 18.9 Å². The second-order valence-corrected chi connectivity index (χ2v) is 8.01. The quantitative estimate of drug-likeness (QED) is 0.629. The number of rotatable bonds is 5. The van der Waals surface area contributed by atoms with E-state index in [1.165, 1.54) is 12.0 Å². The van der Waals surface area contributed by atoms with E-state index in [2.05, 4.69) is 43.0 Å². The second-order valence-electron chi connectivity index (χ2n) is 8.01. The van der Waals surface area contributed by atoms with E-state index in [-0.39, 0.29) is 23.4 Å². The van der Waals surface area contributed by atoms with Crippen LogP contribution < -0.4 is 25.6 Å². The molecular weight excluding hydrogens is 406 g/mol. The first kappa shape index (κ1) is 20.6. The highest BCUT2D eigenvalue weighted by Crippen LogP contribution is 2.30. The van der Waals surface area contributed by atoms with Gasteiger partial charge >= 0.3 is 0 Å². The zero-order chi connectivity index (χ0) is 21.9. The Morgan fingerprint density at radius 2 is 2.00 bits per heavy atom. The van der Waals surface area contributed by atoms with E-state index in [1.54, 1.807) is 12.1 Å². The number of aromatic nitrogens is 2. The Bertz CT molecular complexity index is 1080. The SMILES string of the molecule is CC1=CC2=C(F)C(Oc3cc(Nc4ccc(N5CCNCC5)cc4)ncn3)=CC[B]C2N1. The third-order valence-corrected chi connectivity index (χ3v) is 5.71. The van der Waals surface area contributed by atoms with Gasteiger partial charge < -0.3 is 25.6 Å². The monoisotopic (exact) mass is 431 g/mol. The van der Waals surface area contributed by atoms with Crippen molar-refractivity contribution in [2.45, 2.75) is 19.2 Å². The number of benzene rings is 1. The fourth-order valence-electron chi connectivity index (χ4n) is 4.11. The highest BCUT2D eigenvalue weighted by Gasteiger charge is 2.28. The lowest BCUT2D eigenvalue weighted by Gasteiger charge is -2.29. The number of nitrogens with one attached hydrogen (secondary N) is 3. The van der Waals surface area contributed by atoms with Crippen molar-refractivity contribution in [1.29, 1.82) is 0 Å². The molecule has 0 bridgehead atoms. The lowest BCUT2D eigenvalue weighted by atomic mass is 9.65. The van der Waals surface area contributed by atoms with Gasteiger partial charge in [-0.1, -0.05) is 6.32 Å². The van der Waals surface area contributed by atoms with Crippen LogP contribution in [0.1, 0.15) is 6.92 Å². The molecule has 7 nitrogen and oxygen atoms in total. The lowest BCUT2D eigenvalue weighted by Crippen LogP contribution is -2.43. The minimum Gasteiger partial charge on any atom is -0.436 e. The van der Waals surface area contributed by atoms with E-state index < -0.39 is 0 Å². The molecule has 9 heteroatoms. The average molecular weight is 431 g/mol. The Morgan fingerprint density at radius 1 is 1.19 bits per heavy atom. The maximum Gasteiger partial charge on any atom is 0.224 e. The predicted molar refractivity (Wildman–Crippen MR) is 125 cm³/mol. The molecule has 0 saturated carbocycles. The fourth-order valence-corrected chi connectivity index (χ4v) is 4.11. The van der Waals surface area contributed by atoms with Crippen LogP contribution in [0.15, 0.2) is 71.7 Å². The summed E-state index contributed by atoms with van der Waals surface area (Å²) < 4.78 is 20.9. The number of ether oxygens (including phenoxy) is 1. The van der Waals surface area contributed by atoms with Crippen LogP contribution in [-0.2, 0) is 0 Å².